The first-order valence-electron chi connectivity index (χ1n) is 7.86. The Balaban J connectivity index is 1.75. The summed E-state index contributed by atoms with van der Waals surface area (Å²) in [5.41, 5.74) is -0.352. The molecule has 2 saturated carbocycles. The van der Waals surface area contributed by atoms with E-state index in [1.54, 1.807) is 10.9 Å². The van der Waals surface area contributed by atoms with Crippen molar-refractivity contribution in [3.63, 3.8) is 0 Å². The van der Waals surface area contributed by atoms with Crippen molar-refractivity contribution < 1.29 is 13.6 Å². The molecule has 2 aliphatic rings. The molecule has 1 amide bonds. The number of alkyl halides is 2. The van der Waals surface area contributed by atoms with E-state index in [0.29, 0.717) is 30.1 Å². The Morgan fingerprint density at radius 1 is 1.61 bits per heavy atom. The maximum Gasteiger partial charge on any atom is 0.259 e. The number of aromatic nitrogens is 2. The predicted octanol–water partition coefficient (Wildman–Crippen LogP) is 3.51. The van der Waals surface area contributed by atoms with E-state index in [4.69, 9.17) is 11.6 Å². The van der Waals surface area contributed by atoms with Crippen molar-refractivity contribution in [2.45, 2.75) is 45.2 Å². The van der Waals surface area contributed by atoms with Gasteiger partial charge in [-0.25, -0.2) is 8.78 Å². The van der Waals surface area contributed by atoms with Gasteiger partial charge in [-0.3, -0.25) is 9.48 Å². The minimum atomic E-state index is -2.67. The van der Waals surface area contributed by atoms with Gasteiger partial charge >= 0.3 is 0 Å². The molecule has 7 heteroatoms. The quantitative estimate of drug-likeness (QED) is 0.741. The van der Waals surface area contributed by atoms with E-state index in [2.05, 4.69) is 11.7 Å². The Kier molecular flexibility index (Phi) is 3.99. The molecule has 1 atom stereocenters. The van der Waals surface area contributed by atoms with Crippen LogP contribution in [0.4, 0.5) is 8.78 Å². The topological polar surface area (TPSA) is 38.1 Å². The van der Waals surface area contributed by atoms with Gasteiger partial charge < -0.3 is 4.90 Å². The molecular weight excluding hydrogens is 324 g/mol. The molecule has 2 fully saturated rings. The maximum atomic E-state index is 14.1. The van der Waals surface area contributed by atoms with Crippen molar-refractivity contribution in [2.24, 2.45) is 11.3 Å². The van der Waals surface area contributed by atoms with Crippen LogP contribution in [-0.4, -0.2) is 33.1 Å². The molecule has 1 heterocycles. The van der Waals surface area contributed by atoms with Gasteiger partial charge in [-0.2, -0.15) is 5.10 Å². The third-order valence-corrected chi connectivity index (χ3v) is 5.59. The SMILES string of the molecule is C=CC(=O)N(Cc1nn(CC)cc1Cl)CC1C(F)(F)C12CCC2. The Morgan fingerprint density at radius 3 is 2.74 bits per heavy atom. The van der Waals surface area contributed by atoms with Gasteiger partial charge in [0.05, 0.1) is 17.5 Å². The molecule has 0 aliphatic heterocycles. The highest BCUT2D eigenvalue weighted by molar-refractivity contribution is 6.31. The van der Waals surface area contributed by atoms with Crippen molar-refractivity contribution in [2.75, 3.05) is 6.54 Å². The first kappa shape index (κ1) is 16.4. The van der Waals surface area contributed by atoms with Gasteiger partial charge in [0.1, 0.15) is 5.69 Å². The second-order valence-corrected chi connectivity index (χ2v) is 6.79. The molecule has 126 valence electrons. The van der Waals surface area contributed by atoms with E-state index in [1.165, 1.54) is 4.90 Å². The average molecular weight is 344 g/mol. The molecule has 0 saturated heterocycles. The van der Waals surface area contributed by atoms with Gasteiger partial charge in [-0.15, -0.1) is 0 Å². The molecule has 1 unspecified atom stereocenters. The summed E-state index contributed by atoms with van der Waals surface area (Å²) in [6.45, 7) is 6.18. The minimum Gasteiger partial charge on any atom is -0.333 e. The number of rotatable bonds is 6. The van der Waals surface area contributed by atoms with Crippen LogP contribution in [-0.2, 0) is 17.9 Å². The number of carbonyl (C=O) groups excluding carboxylic acids is 1. The van der Waals surface area contributed by atoms with E-state index < -0.39 is 17.3 Å². The number of amides is 1. The number of aryl methyl sites for hydroxylation is 1. The van der Waals surface area contributed by atoms with Crippen molar-refractivity contribution in [3.8, 4) is 0 Å². The number of hydrogen-bond donors (Lipinski definition) is 0. The average Bonchev–Trinajstić information content (AvgIpc) is 2.77. The van der Waals surface area contributed by atoms with Gasteiger partial charge in [-0.1, -0.05) is 24.6 Å². The third kappa shape index (κ3) is 2.47. The van der Waals surface area contributed by atoms with Crippen LogP contribution < -0.4 is 0 Å². The Hall–Kier alpha value is -1.43. The van der Waals surface area contributed by atoms with Crippen molar-refractivity contribution in [3.05, 3.63) is 29.6 Å². The monoisotopic (exact) mass is 343 g/mol. The lowest BCUT2D eigenvalue weighted by Crippen LogP contribution is -2.33. The summed E-state index contributed by atoms with van der Waals surface area (Å²) in [5, 5.41) is 4.73. The lowest BCUT2D eigenvalue weighted by Gasteiger charge is -2.27. The first-order valence-corrected chi connectivity index (χ1v) is 8.24. The summed E-state index contributed by atoms with van der Waals surface area (Å²) in [5.74, 6) is -3.80. The van der Waals surface area contributed by atoms with Crippen LogP contribution >= 0.6 is 11.6 Å². The van der Waals surface area contributed by atoms with Crippen LogP contribution in [0.5, 0.6) is 0 Å². The van der Waals surface area contributed by atoms with E-state index in [1.807, 2.05) is 6.92 Å². The molecule has 0 bridgehead atoms. The Bertz CT molecular complexity index is 639. The van der Waals surface area contributed by atoms with Crippen LogP contribution in [0.15, 0.2) is 18.9 Å². The summed E-state index contributed by atoms with van der Waals surface area (Å²) in [6.07, 6.45) is 4.76. The van der Waals surface area contributed by atoms with Crippen LogP contribution in [0.1, 0.15) is 31.9 Å². The van der Waals surface area contributed by atoms with Gasteiger partial charge in [0.2, 0.25) is 5.91 Å². The zero-order chi connectivity index (χ0) is 16.8. The number of hydrogen-bond acceptors (Lipinski definition) is 2. The van der Waals surface area contributed by atoms with Crippen LogP contribution in [0.2, 0.25) is 5.02 Å². The molecule has 3 rings (SSSR count). The van der Waals surface area contributed by atoms with Crippen molar-refractivity contribution >= 4 is 17.5 Å². The fourth-order valence-electron chi connectivity index (χ4n) is 3.59. The molecule has 0 radical (unpaired) electrons. The molecule has 1 aromatic heterocycles. The standard InChI is InChI=1S/C16H20ClF2N3O/c1-3-14(23)21(9-12-11(17)8-22(4-2)20-12)10-13-15(6-5-7-15)16(13,18)19/h3,8,13H,1,4-7,9-10H2,2H3. The highest BCUT2D eigenvalue weighted by atomic mass is 35.5. The first-order chi connectivity index (χ1) is 10.9. The van der Waals surface area contributed by atoms with Crippen LogP contribution in [0, 0.1) is 11.3 Å². The smallest absolute Gasteiger partial charge is 0.259 e. The highest BCUT2D eigenvalue weighted by Gasteiger charge is 2.81. The van der Waals surface area contributed by atoms with Gasteiger partial charge in [0.25, 0.3) is 5.92 Å². The minimum absolute atomic E-state index is 0.0210. The lowest BCUT2D eigenvalue weighted by atomic mass is 9.79. The lowest BCUT2D eigenvalue weighted by molar-refractivity contribution is -0.127. The zero-order valence-electron chi connectivity index (χ0n) is 13.1. The highest BCUT2D eigenvalue weighted by Crippen LogP contribution is 2.75. The summed E-state index contributed by atoms with van der Waals surface area (Å²) in [4.78, 5) is 13.5. The molecule has 1 spiro atoms. The van der Waals surface area contributed by atoms with Crippen LogP contribution in [0.3, 0.4) is 0 Å². The van der Waals surface area contributed by atoms with E-state index in [9.17, 15) is 13.6 Å². The fourth-order valence-corrected chi connectivity index (χ4v) is 3.80. The van der Waals surface area contributed by atoms with Gasteiger partial charge in [-0.05, 0) is 25.8 Å². The molecular formula is C16H20ClF2N3O. The summed E-state index contributed by atoms with van der Waals surface area (Å²) in [6, 6.07) is 0. The summed E-state index contributed by atoms with van der Waals surface area (Å²) in [7, 11) is 0. The molecule has 4 nitrogen and oxygen atoms in total. The van der Waals surface area contributed by atoms with E-state index in [-0.39, 0.29) is 19.0 Å². The molecule has 23 heavy (non-hydrogen) atoms. The Labute approximate surface area is 139 Å². The van der Waals surface area contributed by atoms with Crippen molar-refractivity contribution in [1.82, 2.24) is 14.7 Å². The Morgan fingerprint density at radius 2 is 2.30 bits per heavy atom. The maximum absolute atomic E-state index is 14.1. The second-order valence-electron chi connectivity index (χ2n) is 6.39. The summed E-state index contributed by atoms with van der Waals surface area (Å²) < 4.78 is 29.8. The molecule has 0 N–H and O–H groups in total. The van der Waals surface area contributed by atoms with E-state index in [0.717, 1.165) is 12.5 Å². The number of carbonyl (C=O) groups is 1. The second kappa shape index (κ2) is 5.58. The zero-order valence-corrected chi connectivity index (χ0v) is 13.8. The van der Waals surface area contributed by atoms with E-state index >= 15 is 0 Å². The van der Waals surface area contributed by atoms with Crippen LogP contribution in [0.25, 0.3) is 0 Å². The molecule has 2 aliphatic carbocycles. The van der Waals surface area contributed by atoms with Gasteiger partial charge in [0.15, 0.2) is 0 Å². The fraction of sp³-hybridized carbons (Fsp3) is 0.625. The molecule has 0 aromatic carbocycles. The largest absolute Gasteiger partial charge is 0.333 e. The predicted molar refractivity (Wildman–Crippen MR) is 83.2 cm³/mol. The number of halogens is 3. The molecule has 1 aromatic rings. The van der Waals surface area contributed by atoms with Crippen molar-refractivity contribution in [1.29, 1.82) is 0 Å². The van der Waals surface area contributed by atoms with Gasteiger partial charge in [0, 0.05) is 24.7 Å². The number of nitrogens with zero attached hydrogens (tertiary/aromatic N) is 3. The summed E-state index contributed by atoms with van der Waals surface area (Å²) >= 11 is 6.12. The normalized spacial score (nSPS) is 23.4. The third-order valence-electron chi connectivity index (χ3n) is 5.27.